The van der Waals surface area contributed by atoms with E-state index in [1.807, 2.05) is 31.2 Å². The Kier molecular flexibility index (Phi) is 9.18. The van der Waals surface area contributed by atoms with E-state index in [0.717, 1.165) is 11.3 Å². The van der Waals surface area contributed by atoms with Gasteiger partial charge >= 0.3 is 0 Å². The highest BCUT2D eigenvalue weighted by Crippen LogP contribution is 2.47. The molecule has 1 amide bonds. The van der Waals surface area contributed by atoms with Gasteiger partial charge in [0.15, 0.2) is 10.1 Å². The first-order chi connectivity index (χ1) is 20.9. The Balaban J connectivity index is 1.38. The topological polar surface area (TPSA) is 153 Å². The number of aromatic nitrogens is 2. The van der Waals surface area contributed by atoms with Crippen LogP contribution in [0.2, 0.25) is 0 Å². The SMILES string of the molecule is CCOc1ccc(C2C(C#N)=C(N)N(c3nnc(SCC(=O)Nc4ccc(OC)cc4OC)s3)C3=C2C(=O)CCC3)cc1. The monoisotopic (exact) mass is 618 g/mol. The minimum Gasteiger partial charge on any atom is -0.497 e. The molecule has 3 N–H and O–H groups in total. The number of ether oxygens (including phenoxy) is 3. The lowest BCUT2D eigenvalue weighted by atomic mass is 9.76. The van der Waals surface area contributed by atoms with Crippen molar-refractivity contribution in [1.29, 1.82) is 5.26 Å². The van der Waals surface area contributed by atoms with E-state index < -0.39 is 5.92 Å². The summed E-state index contributed by atoms with van der Waals surface area (Å²) in [5, 5.41) is 22.1. The molecule has 1 atom stereocenters. The Labute approximate surface area is 257 Å². The molecule has 1 aliphatic heterocycles. The fourth-order valence-electron chi connectivity index (χ4n) is 5.13. The predicted octanol–water partition coefficient (Wildman–Crippen LogP) is 4.99. The first-order valence-electron chi connectivity index (χ1n) is 13.6. The van der Waals surface area contributed by atoms with Crippen LogP contribution in [0.5, 0.6) is 17.2 Å². The van der Waals surface area contributed by atoms with Crippen LogP contribution in [0.4, 0.5) is 10.8 Å². The van der Waals surface area contributed by atoms with Crippen LogP contribution in [0.3, 0.4) is 0 Å². The van der Waals surface area contributed by atoms with Crippen LogP contribution in [0.15, 0.2) is 69.5 Å². The number of carbonyl (C=O) groups is 2. The Morgan fingerprint density at radius 2 is 1.93 bits per heavy atom. The van der Waals surface area contributed by atoms with Crippen molar-refractivity contribution in [2.75, 3.05) is 36.8 Å². The molecule has 43 heavy (non-hydrogen) atoms. The zero-order valence-electron chi connectivity index (χ0n) is 23.9. The molecule has 0 fully saturated rings. The number of nitrogens with zero attached hydrogens (tertiary/aromatic N) is 4. The van der Waals surface area contributed by atoms with Gasteiger partial charge in [-0.3, -0.25) is 14.5 Å². The number of rotatable bonds is 10. The number of carbonyl (C=O) groups excluding carboxylic acids is 2. The smallest absolute Gasteiger partial charge is 0.234 e. The Bertz CT molecular complexity index is 1640. The zero-order chi connectivity index (χ0) is 30.5. The van der Waals surface area contributed by atoms with Crippen molar-refractivity contribution in [3.8, 4) is 23.3 Å². The maximum atomic E-state index is 13.4. The van der Waals surface area contributed by atoms with Crippen LogP contribution in [0, 0.1) is 11.3 Å². The van der Waals surface area contributed by atoms with E-state index in [1.165, 1.54) is 30.2 Å². The third kappa shape index (κ3) is 6.16. The predicted molar refractivity (Wildman–Crippen MR) is 164 cm³/mol. The van der Waals surface area contributed by atoms with Crippen LogP contribution in [0.1, 0.15) is 37.7 Å². The molecule has 1 aliphatic carbocycles. The van der Waals surface area contributed by atoms with Crippen molar-refractivity contribution in [1.82, 2.24) is 10.2 Å². The lowest BCUT2D eigenvalue weighted by molar-refractivity contribution is -0.116. The van der Waals surface area contributed by atoms with Crippen molar-refractivity contribution in [2.45, 2.75) is 36.4 Å². The number of nitrogens with two attached hydrogens (primary N) is 1. The van der Waals surface area contributed by atoms with Crippen molar-refractivity contribution in [2.24, 2.45) is 5.73 Å². The van der Waals surface area contributed by atoms with E-state index in [-0.39, 0.29) is 28.8 Å². The van der Waals surface area contributed by atoms with Gasteiger partial charge in [0.25, 0.3) is 0 Å². The first-order valence-corrected chi connectivity index (χ1v) is 15.4. The summed E-state index contributed by atoms with van der Waals surface area (Å²) in [5.74, 6) is 1.23. The number of hydrogen-bond donors (Lipinski definition) is 2. The highest BCUT2D eigenvalue weighted by atomic mass is 32.2. The molecule has 5 rings (SSSR count). The summed E-state index contributed by atoms with van der Waals surface area (Å²) in [5.41, 5.74) is 9.51. The Morgan fingerprint density at radius 3 is 2.63 bits per heavy atom. The number of methoxy groups -OCH3 is 2. The third-order valence-corrected chi connectivity index (χ3v) is 9.08. The van der Waals surface area contributed by atoms with E-state index in [1.54, 1.807) is 30.2 Å². The van der Waals surface area contributed by atoms with Gasteiger partial charge < -0.3 is 25.3 Å². The lowest BCUT2D eigenvalue weighted by Crippen LogP contribution is -2.38. The van der Waals surface area contributed by atoms with Crippen molar-refractivity contribution >= 4 is 45.6 Å². The molecule has 3 aromatic rings. The maximum absolute atomic E-state index is 13.4. The summed E-state index contributed by atoms with van der Waals surface area (Å²) < 4.78 is 16.7. The van der Waals surface area contributed by atoms with Gasteiger partial charge in [-0.15, -0.1) is 10.2 Å². The molecule has 0 saturated heterocycles. The molecule has 2 heterocycles. The van der Waals surface area contributed by atoms with Gasteiger partial charge in [-0.2, -0.15) is 5.26 Å². The van der Waals surface area contributed by atoms with Crippen LogP contribution < -0.4 is 30.2 Å². The van der Waals surface area contributed by atoms with Gasteiger partial charge in [0.1, 0.15) is 23.1 Å². The van der Waals surface area contributed by atoms with Crippen LogP contribution >= 0.6 is 23.1 Å². The van der Waals surface area contributed by atoms with Gasteiger partial charge in [0.05, 0.1) is 49.8 Å². The van der Waals surface area contributed by atoms with E-state index in [2.05, 4.69) is 21.6 Å². The summed E-state index contributed by atoms with van der Waals surface area (Å²) in [6.45, 7) is 2.44. The Hall–Kier alpha value is -4.54. The summed E-state index contributed by atoms with van der Waals surface area (Å²) in [4.78, 5) is 27.8. The van der Waals surface area contributed by atoms with Crippen molar-refractivity contribution < 1.29 is 23.8 Å². The standard InChI is InChI=1S/C30H30N6O5S2/c1-4-41-18-10-8-17(9-11-18)26-20(15-31)28(32)36(22-6-5-7-23(37)27(22)26)29-34-35-30(43-29)42-16-25(38)33-21-13-12-19(39-2)14-24(21)40-3/h8-14,26H,4-7,16,32H2,1-3H3,(H,33,38). The van der Waals surface area contributed by atoms with Crippen LogP contribution in [0.25, 0.3) is 0 Å². The zero-order valence-corrected chi connectivity index (χ0v) is 25.5. The largest absolute Gasteiger partial charge is 0.497 e. The van der Waals surface area contributed by atoms with Gasteiger partial charge in [-0.25, -0.2) is 0 Å². The number of anilines is 2. The number of amides is 1. The van der Waals surface area contributed by atoms with Crippen molar-refractivity contribution in [3.05, 3.63) is 70.7 Å². The lowest BCUT2D eigenvalue weighted by Gasteiger charge is -2.38. The molecule has 0 spiro atoms. The molecule has 2 aliphatic rings. The van der Waals surface area contributed by atoms with Crippen LogP contribution in [-0.4, -0.2) is 48.5 Å². The maximum Gasteiger partial charge on any atom is 0.234 e. The summed E-state index contributed by atoms with van der Waals surface area (Å²) in [6.07, 6.45) is 1.65. The molecular formula is C30H30N6O5S2. The first kappa shape index (κ1) is 29.9. The molecule has 0 radical (unpaired) electrons. The normalized spacial score (nSPS) is 16.5. The molecule has 0 saturated carbocycles. The molecule has 1 aromatic heterocycles. The summed E-state index contributed by atoms with van der Waals surface area (Å²) >= 11 is 2.46. The van der Waals surface area contributed by atoms with E-state index in [4.69, 9.17) is 19.9 Å². The molecule has 0 bridgehead atoms. The number of thioether (sulfide) groups is 1. The third-order valence-electron chi connectivity index (χ3n) is 7.03. The van der Waals surface area contributed by atoms with Gasteiger partial charge in [-0.05, 0) is 49.6 Å². The number of Topliss-reactive ketones (excluding diaryl/α,β-unsaturated/α-hetero) is 1. The fourth-order valence-corrected chi connectivity index (χ4v) is 6.81. The number of hydrogen-bond acceptors (Lipinski definition) is 12. The number of allylic oxidation sites excluding steroid dienone is 3. The van der Waals surface area contributed by atoms with Crippen molar-refractivity contribution in [3.63, 3.8) is 0 Å². The minimum atomic E-state index is -0.583. The summed E-state index contributed by atoms with van der Waals surface area (Å²) in [7, 11) is 3.07. The van der Waals surface area contributed by atoms with Gasteiger partial charge in [0, 0.05) is 23.8 Å². The average molecular weight is 619 g/mol. The fraction of sp³-hybridized carbons (Fsp3) is 0.300. The van der Waals surface area contributed by atoms with Gasteiger partial charge in [0.2, 0.25) is 11.0 Å². The molecular weight excluding hydrogens is 589 g/mol. The second-order valence-corrected chi connectivity index (χ2v) is 11.8. The highest BCUT2D eigenvalue weighted by molar-refractivity contribution is 8.01. The number of nitriles is 1. The minimum absolute atomic E-state index is 0.0184. The van der Waals surface area contributed by atoms with E-state index in [0.29, 0.717) is 63.8 Å². The molecule has 13 heteroatoms. The Morgan fingerprint density at radius 1 is 1.16 bits per heavy atom. The van der Waals surface area contributed by atoms with E-state index in [9.17, 15) is 14.9 Å². The second-order valence-electron chi connectivity index (χ2n) is 9.57. The quantitative estimate of drug-likeness (QED) is 0.296. The molecule has 11 nitrogen and oxygen atoms in total. The number of ketones is 1. The van der Waals surface area contributed by atoms with Crippen LogP contribution in [-0.2, 0) is 9.59 Å². The van der Waals surface area contributed by atoms with Gasteiger partial charge in [-0.1, -0.05) is 35.2 Å². The second kappa shape index (κ2) is 13.2. The number of nitrogens with one attached hydrogen (secondary N) is 1. The number of benzene rings is 2. The van der Waals surface area contributed by atoms with E-state index >= 15 is 0 Å². The molecule has 2 aromatic carbocycles. The summed E-state index contributed by atoms with van der Waals surface area (Å²) in [6, 6.07) is 14.8. The molecule has 1 unspecified atom stereocenters. The highest BCUT2D eigenvalue weighted by Gasteiger charge is 2.41. The average Bonchev–Trinajstić information content (AvgIpc) is 3.49. The molecule has 222 valence electrons.